The summed E-state index contributed by atoms with van der Waals surface area (Å²) in [4.78, 5) is 27.9. The molecule has 0 heterocycles. The smallest absolute Gasteiger partial charge is 0.243 e. The van der Waals surface area contributed by atoms with Crippen molar-refractivity contribution in [2.75, 3.05) is 5.75 Å². The minimum atomic E-state index is -0.467. The molecule has 0 fully saturated rings. The van der Waals surface area contributed by atoms with E-state index in [1.807, 2.05) is 63.2 Å². The number of hydrogen-bond donors (Lipinski definition) is 1. The molecule has 0 spiro atoms. The van der Waals surface area contributed by atoms with Gasteiger partial charge in [-0.25, -0.2) is 0 Å². The maximum atomic E-state index is 13.2. The highest BCUT2D eigenvalue weighted by atomic mass is 32.2. The first kappa shape index (κ1) is 24.0. The van der Waals surface area contributed by atoms with Crippen LogP contribution in [0.15, 0.2) is 54.6 Å². The zero-order valence-corrected chi connectivity index (χ0v) is 19.4. The van der Waals surface area contributed by atoms with Gasteiger partial charge in [0.15, 0.2) is 0 Å². The molecule has 4 nitrogen and oxygen atoms in total. The van der Waals surface area contributed by atoms with Crippen molar-refractivity contribution in [1.29, 1.82) is 0 Å². The molecule has 162 valence electrons. The molecule has 0 aliphatic carbocycles. The Kier molecular flexibility index (Phi) is 9.95. The summed E-state index contributed by atoms with van der Waals surface area (Å²) >= 11 is 1.60. The topological polar surface area (TPSA) is 49.4 Å². The van der Waals surface area contributed by atoms with Gasteiger partial charge < -0.3 is 10.2 Å². The second kappa shape index (κ2) is 12.4. The Morgan fingerprint density at radius 1 is 1.00 bits per heavy atom. The van der Waals surface area contributed by atoms with Gasteiger partial charge in [-0.3, -0.25) is 9.59 Å². The van der Waals surface area contributed by atoms with Crippen LogP contribution in [0.5, 0.6) is 0 Å². The largest absolute Gasteiger partial charge is 0.352 e. The van der Waals surface area contributed by atoms with Crippen LogP contribution in [0.2, 0.25) is 0 Å². The molecule has 0 bridgehead atoms. The third-order valence-corrected chi connectivity index (χ3v) is 6.29. The molecule has 0 saturated carbocycles. The second-order valence-corrected chi connectivity index (χ2v) is 8.65. The summed E-state index contributed by atoms with van der Waals surface area (Å²) in [6.45, 7) is 8.53. The predicted molar refractivity (Wildman–Crippen MR) is 126 cm³/mol. The van der Waals surface area contributed by atoms with Crippen LogP contribution in [0, 0.1) is 6.92 Å². The number of thioether (sulfide) groups is 1. The Labute approximate surface area is 185 Å². The maximum Gasteiger partial charge on any atom is 0.243 e. The monoisotopic (exact) mass is 426 g/mol. The molecule has 2 aromatic carbocycles. The summed E-state index contributed by atoms with van der Waals surface area (Å²) < 4.78 is 0. The van der Waals surface area contributed by atoms with E-state index in [4.69, 9.17) is 0 Å². The maximum absolute atomic E-state index is 13.2. The van der Waals surface area contributed by atoms with Gasteiger partial charge >= 0.3 is 0 Å². The Balaban J connectivity index is 2.11. The van der Waals surface area contributed by atoms with Crippen LogP contribution in [-0.4, -0.2) is 34.6 Å². The number of aryl methyl sites for hydroxylation is 1. The Hall–Kier alpha value is -2.27. The number of nitrogens with one attached hydrogen (secondary N) is 1. The van der Waals surface area contributed by atoms with Gasteiger partial charge in [0, 0.05) is 18.3 Å². The number of carbonyl (C=O) groups excluding carboxylic acids is 2. The lowest BCUT2D eigenvalue weighted by molar-refractivity contribution is -0.139. The normalized spacial score (nSPS) is 12.8. The first-order valence-electron chi connectivity index (χ1n) is 10.7. The molecule has 2 rings (SSSR count). The van der Waals surface area contributed by atoms with E-state index in [1.54, 1.807) is 16.7 Å². The molecule has 0 aliphatic heterocycles. The van der Waals surface area contributed by atoms with E-state index in [-0.39, 0.29) is 17.9 Å². The summed E-state index contributed by atoms with van der Waals surface area (Å²) in [5.74, 6) is 1.07. The fourth-order valence-corrected chi connectivity index (χ4v) is 4.23. The van der Waals surface area contributed by atoms with Crippen LogP contribution in [-0.2, 0) is 21.9 Å². The lowest BCUT2D eigenvalue weighted by Gasteiger charge is -2.31. The fraction of sp³-hybridized carbons (Fsp3) is 0.440. The standard InChI is InChI=1S/C25H34N2O2S/c1-5-20(4)26-25(29)23(6-2)27(16-21-13-8-7-9-14-21)24(28)18-30-17-22-15-11-10-12-19(22)3/h7-15,20,23H,5-6,16-18H2,1-4H3,(H,26,29)/t20-,23+/m1/s1. The highest BCUT2D eigenvalue weighted by Gasteiger charge is 2.29. The third kappa shape index (κ3) is 7.21. The van der Waals surface area contributed by atoms with Gasteiger partial charge in [-0.2, -0.15) is 0 Å². The molecule has 0 aliphatic rings. The summed E-state index contributed by atoms with van der Waals surface area (Å²) in [7, 11) is 0. The summed E-state index contributed by atoms with van der Waals surface area (Å²) in [5, 5.41) is 3.05. The molecule has 0 radical (unpaired) electrons. The first-order valence-corrected chi connectivity index (χ1v) is 11.9. The number of benzene rings is 2. The number of hydrogen-bond acceptors (Lipinski definition) is 3. The van der Waals surface area contributed by atoms with Crippen molar-refractivity contribution in [3.8, 4) is 0 Å². The van der Waals surface area contributed by atoms with E-state index < -0.39 is 6.04 Å². The average Bonchev–Trinajstić information content (AvgIpc) is 2.75. The number of carbonyl (C=O) groups is 2. The van der Waals surface area contributed by atoms with Gasteiger partial charge in [-0.15, -0.1) is 11.8 Å². The number of nitrogens with zero attached hydrogens (tertiary/aromatic N) is 1. The third-order valence-electron chi connectivity index (χ3n) is 5.33. The van der Waals surface area contributed by atoms with Crippen molar-refractivity contribution >= 4 is 23.6 Å². The van der Waals surface area contributed by atoms with Gasteiger partial charge in [-0.05, 0) is 43.4 Å². The van der Waals surface area contributed by atoms with Crippen molar-refractivity contribution in [3.63, 3.8) is 0 Å². The van der Waals surface area contributed by atoms with E-state index in [0.29, 0.717) is 18.7 Å². The predicted octanol–water partition coefficient (Wildman–Crippen LogP) is 4.95. The lowest BCUT2D eigenvalue weighted by Crippen LogP contribution is -2.51. The van der Waals surface area contributed by atoms with Crippen LogP contribution in [0.25, 0.3) is 0 Å². The molecule has 0 aromatic heterocycles. The molecular weight excluding hydrogens is 392 g/mol. The number of rotatable bonds is 11. The molecule has 30 heavy (non-hydrogen) atoms. The van der Waals surface area contributed by atoms with Crippen LogP contribution < -0.4 is 5.32 Å². The Morgan fingerprint density at radius 2 is 1.67 bits per heavy atom. The van der Waals surface area contributed by atoms with Gasteiger partial charge in [0.2, 0.25) is 11.8 Å². The van der Waals surface area contributed by atoms with Crippen LogP contribution >= 0.6 is 11.8 Å². The van der Waals surface area contributed by atoms with E-state index >= 15 is 0 Å². The van der Waals surface area contributed by atoms with E-state index in [9.17, 15) is 9.59 Å². The van der Waals surface area contributed by atoms with Gasteiger partial charge in [0.25, 0.3) is 0 Å². The van der Waals surface area contributed by atoms with Crippen LogP contribution in [0.4, 0.5) is 0 Å². The summed E-state index contributed by atoms with van der Waals surface area (Å²) in [6.07, 6.45) is 1.45. The molecule has 0 saturated heterocycles. The lowest BCUT2D eigenvalue weighted by atomic mass is 10.1. The molecule has 2 amide bonds. The highest BCUT2D eigenvalue weighted by Crippen LogP contribution is 2.19. The fourth-order valence-electron chi connectivity index (χ4n) is 3.24. The van der Waals surface area contributed by atoms with Crippen molar-refractivity contribution in [1.82, 2.24) is 10.2 Å². The summed E-state index contributed by atoms with van der Waals surface area (Å²) in [5.41, 5.74) is 3.51. The van der Waals surface area contributed by atoms with Gasteiger partial charge in [0.1, 0.15) is 6.04 Å². The zero-order valence-electron chi connectivity index (χ0n) is 18.6. The van der Waals surface area contributed by atoms with Crippen molar-refractivity contribution < 1.29 is 9.59 Å². The first-order chi connectivity index (χ1) is 14.5. The molecule has 2 aromatic rings. The Bertz CT molecular complexity index is 810. The van der Waals surface area contributed by atoms with Gasteiger partial charge in [-0.1, -0.05) is 68.4 Å². The van der Waals surface area contributed by atoms with Gasteiger partial charge in [0.05, 0.1) is 5.75 Å². The highest BCUT2D eigenvalue weighted by molar-refractivity contribution is 7.99. The van der Waals surface area contributed by atoms with Crippen molar-refractivity contribution in [2.24, 2.45) is 0 Å². The molecule has 0 unspecified atom stereocenters. The minimum Gasteiger partial charge on any atom is -0.352 e. The Morgan fingerprint density at radius 3 is 2.30 bits per heavy atom. The number of amides is 2. The van der Waals surface area contributed by atoms with Crippen LogP contribution in [0.3, 0.4) is 0 Å². The zero-order chi connectivity index (χ0) is 21.9. The quantitative estimate of drug-likeness (QED) is 0.553. The summed E-state index contributed by atoms with van der Waals surface area (Å²) in [6, 6.07) is 17.8. The van der Waals surface area contributed by atoms with E-state index in [1.165, 1.54) is 11.1 Å². The molecule has 5 heteroatoms. The average molecular weight is 427 g/mol. The second-order valence-electron chi connectivity index (χ2n) is 7.67. The van der Waals surface area contributed by atoms with Crippen molar-refractivity contribution in [2.45, 2.75) is 64.9 Å². The minimum absolute atomic E-state index is 0.00332. The SMILES string of the molecule is CC[C@@H](C)NC(=O)[C@H](CC)N(Cc1ccccc1)C(=O)CSCc1ccccc1C. The van der Waals surface area contributed by atoms with Crippen LogP contribution in [0.1, 0.15) is 50.3 Å². The molecule has 2 atom stereocenters. The van der Waals surface area contributed by atoms with E-state index in [2.05, 4.69) is 24.4 Å². The van der Waals surface area contributed by atoms with Crippen molar-refractivity contribution in [3.05, 3.63) is 71.3 Å². The molecule has 1 N–H and O–H groups in total. The molecular formula is C25H34N2O2S. The van der Waals surface area contributed by atoms with E-state index in [0.717, 1.165) is 17.7 Å².